The van der Waals surface area contributed by atoms with E-state index in [1.54, 1.807) is 6.20 Å². The van der Waals surface area contributed by atoms with Crippen LogP contribution in [-0.2, 0) is 0 Å². The topological polar surface area (TPSA) is 45.4 Å². The van der Waals surface area contributed by atoms with E-state index in [2.05, 4.69) is 65.7 Å². The second-order valence-electron chi connectivity index (χ2n) is 7.13. The number of anilines is 3. The van der Waals surface area contributed by atoms with Gasteiger partial charge in [0.1, 0.15) is 0 Å². The summed E-state index contributed by atoms with van der Waals surface area (Å²) < 4.78 is 6.20. The molecule has 1 aliphatic rings. The predicted molar refractivity (Wildman–Crippen MR) is 109 cm³/mol. The first kappa shape index (κ1) is 16.1. The molecule has 5 heteroatoms. The van der Waals surface area contributed by atoms with Crippen molar-refractivity contribution in [1.82, 2.24) is 9.97 Å². The highest BCUT2D eigenvalue weighted by molar-refractivity contribution is 6.10. The fourth-order valence-electron chi connectivity index (χ4n) is 3.95. The van der Waals surface area contributed by atoms with Gasteiger partial charge < -0.3 is 14.2 Å². The van der Waals surface area contributed by atoms with Crippen LogP contribution in [0.4, 0.5) is 17.2 Å². The number of rotatable bonds is 2. The van der Waals surface area contributed by atoms with Crippen LogP contribution in [-0.4, -0.2) is 16.0 Å². The van der Waals surface area contributed by atoms with Gasteiger partial charge in [-0.25, -0.2) is 9.97 Å². The molecule has 0 saturated carbocycles. The number of pyridine rings is 2. The molecule has 134 valence electrons. The second kappa shape index (κ2) is 5.71. The minimum absolute atomic E-state index is 0.244. The van der Waals surface area contributed by atoms with Crippen molar-refractivity contribution in [1.29, 1.82) is 0 Å². The van der Waals surface area contributed by atoms with E-state index >= 15 is 0 Å². The van der Waals surface area contributed by atoms with Crippen molar-refractivity contribution < 1.29 is 4.42 Å². The van der Waals surface area contributed by atoms with Crippen LogP contribution >= 0.6 is 0 Å². The van der Waals surface area contributed by atoms with E-state index in [-0.39, 0.29) is 6.04 Å². The molecule has 0 amide bonds. The largest absolute Gasteiger partial charge is 0.435 e. The number of nitrogens with zero attached hydrogens (tertiary/aromatic N) is 4. The molecule has 2 radical (unpaired) electrons. The maximum Gasteiger partial charge on any atom is 0.227 e. The summed E-state index contributed by atoms with van der Waals surface area (Å²) in [5.41, 5.74) is 4.60. The minimum Gasteiger partial charge on any atom is -0.435 e. The predicted octanol–water partition coefficient (Wildman–Crippen LogP) is 5.37. The molecule has 0 unspecified atom stereocenters. The number of hydrogen-bond donors (Lipinski definition) is 0. The lowest BCUT2D eigenvalue weighted by molar-refractivity contribution is 0.651. The Hall–Kier alpha value is -3.08. The third-order valence-corrected chi connectivity index (χ3v) is 5.10. The molecular formula is C22H20N4O. The molecule has 5 rings (SSSR count). The second-order valence-corrected chi connectivity index (χ2v) is 7.13. The smallest absolute Gasteiger partial charge is 0.227 e. The van der Waals surface area contributed by atoms with E-state index in [1.165, 1.54) is 0 Å². The molecule has 0 bridgehead atoms. The summed E-state index contributed by atoms with van der Waals surface area (Å²) in [6.07, 6.45) is 4.46. The Bertz CT molecular complexity index is 1160. The summed E-state index contributed by atoms with van der Waals surface area (Å²) >= 11 is 0. The number of aryl methyl sites for hydroxylation is 1. The minimum atomic E-state index is 0.244. The average molecular weight is 356 g/mol. The highest BCUT2D eigenvalue weighted by Gasteiger charge is 2.39. The molecule has 0 atom stereocenters. The summed E-state index contributed by atoms with van der Waals surface area (Å²) in [4.78, 5) is 13.3. The number of fused-ring (bicyclic) bond motifs is 4. The Labute approximate surface area is 158 Å². The van der Waals surface area contributed by atoms with E-state index in [9.17, 15) is 0 Å². The molecule has 0 N–H and O–H groups in total. The lowest BCUT2D eigenvalue weighted by Gasteiger charge is -2.31. The quantitative estimate of drug-likeness (QED) is 0.483. The van der Waals surface area contributed by atoms with Gasteiger partial charge in [0, 0.05) is 29.2 Å². The van der Waals surface area contributed by atoms with E-state index in [0.717, 1.165) is 45.3 Å². The van der Waals surface area contributed by atoms with Crippen LogP contribution in [0.5, 0.6) is 0 Å². The first-order valence-electron chi connectivity index (χ1n) is 9.08. The van der Waals surface area contributed by atoms with Crippen molar-refractivity contribution in [2.75, 3.05) is 9.80 Å². The van der Waals surface area contributed by atoms with Gasteiger partial charge in [0.2, 0.25) is 5.71 Å². The Kier molecular flexibility index (Phi) is 3.41. The number of hydrogen-bond acceptors (Lipinski definition) is 5. The molecule has 4 heterocycles. The zero-order valence-electron chi connectivity index (χ0n) is 15.6. The van der Waals surface area contributed by atoms with Crippen molar-refractivity contribution in [3.05, 3.63) is 67.4 Å². The van der Waals surface area contributed by atoms with Gasteiger partial charge in [0.05, 0.1) is 11.4 Å². The first-order chi connectivity index (χ1) is 13.1. The molecule has 27 heavy (non-hydrogen) atoms. The summed E-state index contributed by atoms with van der Waals surface area (Å²) in [6.45, 7) is 10.8. The Balaban J connectivity index is 1.82. The average Bonchev–Trinajstić information content (AvgIpc) is 3.17. The van der Waals surface area contributed by atoms with Gasteiger partial charge in [0.25, 0.3) is 0 Å². The molecule has 3 aromatic heterocycles. The molecule has 4 aromatic rings. The molecule has 1 aliphatic heterocycles. The fraction of sp³-hybridized carbons (Fsp3) is 0.182. The molecule has 5 nitrogen and oxygen atoms in total. The monoisotopic (exact) mass is 356 g/mol. The van der Waals surface area contributed by atoms with Gasteiger partial charge >= 0.3 is 0 Å². The highest BCUT2D eigenvalue weighted by Crippen LogP contribution is 2.50. The van der Waals surface area contributed by atoms with Crippen molar-refractivity contribution in [2.45, 2.75) is 26.8 Å². The fourth-order valence-corrected chi connectivity index (χ4v) is 3.95. The molecule has 0 spiro atoms. The van der Waals surface area contributed by atoms with E-state index < -0.39 is 0 Å². The van der Waals surface area contributed by atoms with E-state index in [4.69, 9.17) is 4.42 Å². The van der Waals surface area contributed by atoms with Crippen molar-refractivity contribution >= 4 is 39.3 Å². The Morgan fingerprint density at radius 1 is 1.00 bits per heavy atom. The normalized spacial score (nSPS) is 14.7. The molecule has 0 aliphatic carbocycles. The molecule has 0 saturated heterocycles. The van der Waals surface area contributed by atoms with Gasteiger partial charge in [0.15, 0.2) is 17.6 Å². The Morgan fingerprint density at radius 3 is 2.59 bits per heavy atom. The highest BCUT2D eigenvalue weighted by atomic mass is 16.3. The lowest BCUT2D eigenvalue weighted by Crippen LogP contribution is -2.36. The van der Waals surface area contributed by atoms with Gasteiger partial charge in [-0.05, 0) is 57.5 Å². The van der Waals surface area contributed by atoms with Crippen molar-refractivity contribution in [3.63, 3.8) is 0 Å². The SMILES string of the molecule is [CH2][C]1N(c2c(C)ccc3c2oc2ncccc23)c2cccnc2N1C(C)C. The first-order valence-corrected chi connectivity index (χ1v) is 9.08. The van der Waals surface area contributed by atoms with Crippen LogP contribution in [0.25, 0.3) is 22.1 Å². The van der Waals surface area contributed by atoms with Crippen LogP contribution in [0, 0.1) is 20.0 Å². The van der Waals surface area contributed by atoms with Crippen molar-refractivity contribution in [2.24, 2.45) is 0 Å². The maximum absolute atomic E-state index is 6.20. The Morgan fingerprint density at radius 2 is 1.78 bits per heavy atom. The zero-order valence-corrected chi connectivity index (χ0v) is 15.6. The zero-order chi connectivity index (χ0) is 18.7. The van der Waals surface area contributed by atoms with E-state index in [1.807, 2.05) is 24.4 Å². The van der Waals surface area contributed by atoms with Gasteiger partial charge in [-0.3, -0.25) is 0 Å². The summed E-state index contributed by atoms with van der Waals surface area (Å²) in [6, 6.07) is 12.5. The lowest BCUT2D eigenvalue weighted by atomic mass is 10.1. The van der Waals surface area contributed by atoms with Crippen LogP contribution in [0.3, 0.4) is 0 Å². The molecule has 1 aromatic carbocycles. The molecule has 0 fully saturated rings. The van der Waals surface area contributed by atoms with Gasteiger partial charge in [-0.1, -0.05) is 12.1 Å². The third-order valence-electron chi connectivity index (χ3n) is 5.10. The van der Waals surface area contributed by atoms with Gasteiger partial charge in [-0.2, -0.15) is 0 Å². The number of furan rings is 1. The maximum atomic E-state index is 6.20. The van der Waals surface area contributed by atoms with E-state index in [0.29, 0.717) is 5.71 Å². The summed E-state index contributed by atoms with van der Waals surface area (Å²) in [5, 5.41) is 2.07. The molecular weight excluding hydrogens is 336 g/mol. The number of benzene rings is 1. The summed E-state index contributed by atoms with van der Waals surface area (Å²) in [5.74, 6) is 0.920. The van der Waals surface area contributed by atoms with Crippen molar-refractivity contribution in [3.8, 4) is 0 Å². The van der Waals surface area contributed by atoms with Crippen LogP contribution in [0.15, 0.2) is 53.2 Å². The van der Waals surface area contributed by atoms with Gasteiger partial charge in [-0.15, -0.1) is 0 Å². The van der Waals surface area contributed by atoms with Crippen LogP contribution in [0.1, 0.15) is 19.4 Å². The summed E-state index contributed by atoms with van der Waals surface area (Å²) in [7, 11) is 0. The van der Waals surface area contributed by atoms with Crippen LogP contribution in [0.2, 0.25) is 0 Å². The number of aromatic nitrogens is 2. The standard InChI is InChI=1S/C22H20N4O/c1-13(2)25-15(4)26(18-8-6-11-23-21(18)25)19-14(3)9-10-16-17-7-5-12-24-22(17)27-20(16)19/h5-13H,4H2,1-3H3. The third kappa shape index (κ3) is 2.17. The van der Waals surface area contributed by atoms with Crippen LogP contribution < -0.4 is 9.80 Å².